The van der Waals surface area contributed by atoms with Crippen LogP contribution in [-0.2, 0) is 9.53 Å². The van der Waals surface area contributed by atoms with Gasteiger partial charge >= 0.3 is 5.97 Å². The molecular formula is C15H9BrClFN2O5. The molecule has 0 aliphatic rings. The Bertz CT molecular complexity index is 862. The van der Waals surface area contributed by atoms with Gasteiger partial charge in [0.05, 0.1) is 21.2 Å². The monoisotopic (exact) mass is 430 g/mol. The first kappa shape index (κ1) is 18.8. The van der Waals surface area contributed by atoms with E-state index in [1.165, 1.54) is 18.2 Å². The van der Waals surface area contributed by atoms with Crippen LogP contribution in [0.1, 0.15) is 10.4 Å². The van der Waals surface area contributed by atoms with Crippen molar-refractivity contribution in [3.05, 3.63) is 67.4 Å². The largest absolute Gasteiger partial charge is 0.452 e. The van der Waals surface area contributed by atoms with Crippen LogP contribution in [-0.4, -0.2) is 23.4 Å². The molecule has 0 heterocycles. The first-order chi connectivity index (χ1) is 11.8. The van der Waals surface area contributed by atoms with E-state index in [9.17, 15) is 24.1 Å². The first-order valence-electron chi connectivity index (χ1n) is 6.64. The molecule has 0 aromatic heterocycles. The summed E-state index contributed by atoms with van der Waals surface area (Å²) in [5.74, 6) is -2.05. The third-order valence-electron chi connectivity index (χ3n) is 2.92. The van der Waals surface area contributed by atoms with Gasteiger partial charge < -0.3 is 10.1 Å². The van der Waals surface area contributed by atoms with Crippen LogP contribution in [0.25, 0.3) is 0 Å². The molecule has 0 aliphatic heterocycles. The van der Waals surface area contributed by atoms with Crippen molar-refractivity contribution in [2.75, 3.05) is 11.9 Å². The molecule has 1 amide bonds. The Balaban J connectivity index is 1.96. The van der Waals surface area contributed by atoms with Gasteiger partial charge in [0.2, 0.25) is 0 Å². The minimum absolute atomic E-state index is 0.0323. The predicted molar refractivity (Wildman–Crippen MR) is 91.1 cm³/mol. The second kappa shape index (κ2) is 8.04. The van der Waals surface area contributed by atoms with Gasteiger partial charge in [-0.25, -0.2) is 9.18 Å². The normalized spacial score (nSPS) is 10.2. The Kier molecular flexibility index (Phi) is 6.05. The van der Waals surface area contributed by atoms with Crippen LogP contribution in [0.15, 0.2) is 40.9 Å². The molecule has 0 bridgehead atoms. The quantitative estimate of drug-likeness (QED) is 0.439. The number of ether oxygens (including phenoxy) is 1. The summed E-state index contributed by atoms with van der Waals surface area (Å²) in [5, 5.41) is 13.0. The van der Waals surface area contributed by atoms with E-state index in [1.54, 1.807) is 0 Å². The summed E-state index contributed by atoms with van der Waals surface area (Å²) in [7, 11) is 0. The fraction of sp³-hybridized carbons (Fsp3) is 0.0667. The number of nitro groups is 1. The molecule has 0 spiro atoms. The molecule has 130 valence electrons. The number of amides is 1. The zero-order valence-corrected chi connectivity index (χ0v) is 14.6. The fourth-order valence-electron chi connectivity index (χ4n) is 1.77. The van der Waals surface area contributed by atoms with Crippen LogP contribution in [0.4, 0.5) is 15.8 Å². The minimum Gasteiger partial charge on any atom is -0.452 e. The van der Waals surface area contributed by atoms with Crippen LogP contribution in [0.3, 0.4) is 0 Å². The van der Waals surface area contributed by atoms with Crippen LogP contribution in [0.2, 0.25) is 5.02 Å². The van der Waals surface area contributed by atoms with E-state index in [-0.39, 0.29) is 26.4 Å². The number of nitro benzene ring substituents is 1. The number of esters is 1. The highest BCUT2D eigenvalue weighted by Crippen LogP contribution is 2.26. The van der Waals surface area contributed by atoms with Crippen molar-refractivity contribution in [2.24, 2.45) is 0 Å². The average molecular weight is 432 g/mol. The molecule has 0 radical (unpaired) electrons. The van der Waals surface area contributed by atoms with E-state index in [2.05, 4.69) is 21.2 Å². The van der Waals surface area contributed by atoms with Crippen LogP contribution < -0.4 is 5.32 Å². The number of benzene rings is 2. The summed E-state index contributed by atoms with van der Waals surface area (Å²) >= 11 is 8.87. The molecule has 2 aromatic rings. The van der Waals surface area contributed by atoms with Gasteiger partial charge in [0.1, 0.15) is 5.82 Å². The number of carbonyl (C=O) groups is 2. The maximum Gasteiger partial charge on any atom is 0.339 e. The highest BCUT2D eigenvalue weighted by atomic mass is 79.9. The van der Waals surface area contributed by atoms with Crippen molar-refractivity contribution >= 4 is 50.8 Å². The van der Waals surface area contributed by atoms with E-state index in [0.717, 1.165) is 18.2 Å². The third kappa shape index (κ3) is 4.97. The predicted octanol–water partition coefficient (Wildman–Crippen LogP) is 3.95. The SMILES string of the molecule is O=C(COC(=O)c1ccc(F)cc1Br)Nc1ccc([N+](=O)[O-])cc1Cl. The summed E-state index contributed by atoms with van der Waals surface area (Å²) in [4.78, 5) is 33.7. The van der Waals surface area contributed by atoms with Gasteiger partial charge in [-0.05, 0) is 40.2 Å². The third-order valence-corrected chi connectivity index (χ3v) is 3.89. The highest BCUT2D eigenvalue weighted by molar-refractivity contribution is 9.10. The van der Waals surface area contributed by atoms with E-state index >= 15 is 0 Å². The van der Waals surface area contributed by atoms with Gasteiger partial charge in [0.25, 0.3) is 11.6 Å². The summed E-state index contributed by atoms with van der Waals surface area (Å²) in [6, 6.07) is 6.90. The first-order valence-corrected chi connectivity index (χ1v) is 7.81. The van der Waals surface area contributed by atoms with Crippen LogP contribution in [0, 0.1) is 15.9 Å². The minimum atomic E-state index is -0.822. The molecule has 0 unspecified atom stereocenters. The summed E-state index contributed by atoms with van der Waals surface area (Å²) in [5.41, 5.74) is -0.0329. The van der Waals surface area contributed by atoms with Crippen molar-refractivity contribution in [1.82, 2.24) is 0 Å². The standard InChI is InChI=1S/C15H9BrClFN2O5/c16-11-5-8(18)1-3-10(11)15(22)25-7-14(21)19-13-4-2-9(20(23)24)6-12(13)17/h1-6H,7H2,(H,19,21). The van der Waals surface area contributed by atoms with Gasteiger partial charge in [0.15, 0.2) is 6.61 Å². The summed E-state index contributed by atoms with van der Waals surface area (Å²) < 4.78 is 18.0. The number of non-ortho nitro benzene ring substituents is 1. The Hall–Kier alpha value is -2.52. The lowest BCUT2D eigenvalue weighted by atomic mass is 10.2. The van der Waals surface area contributed by atoms with Crippen LogP contribution in [0.5, 0.6) is 0 Å². The number of anilines is 1. The zero-order valence-electron chi connectivity index (χ0n) is 12.3. The fourth-order valence-corrected chi connectivity index (χ4v) is 2.50. The van der Waals surface area contributed by atoms with Crippen molar-refractivity contribution in [3.63, 3.8) is 0 Å². The van der Waals surface area contributed by atoms with Crippen molar-refractivity contribution < 1.29 is 23.6 Å². The number of hydrogen-bond donors (Lipinski definition) is 1. The lowest BCUT2D eigenvalue weighted by Crippen LogP contribution is -2.21. The molecular weight excluding hydrogens is 423 g/mol. The van der Waals surface area contributed by atoms with Crippen molar-refractivity contribution in [3.8, 4) is 0 Å². The van der Waals surface area contributed by atoms with E-state index in [4.69, 9.17) is 16.3 Å². The Labute approximate surface area is 154 Å². The summed E-state index contributed by atoms with van der Waals surface area (Å²) in [6.07, 6.45) is 0. The lowest BCUT2D eigenvalue weighted by molar-refractivity contribution is -0.384. The Morgan fingerprint density at radius 1 is 1.28 bits per heavy atom. The highest BCUT2D eigenvalue weighted by Gasteiger charge is 2.16. The molecule has 0 fully saturated rings. The number of carbonyl (C=O) groups excluding carboxylic acids is 2. The van der Waals surface area contributed by atoms with E-state index in [1.807, 2.05) is 0 Å². The van der Waals surface area contributed by atoms with Crippen molar-refractivity contribution in [2.45, 2.75) is 0 Å². The second-order valence-corrected chi connectivity index (χ2v) is 5.93. The van der Waals surface area contributed by atoms with Gasteiger partial charge in [0, 0.05) is 16.6 Å². The maximum absolute atomic E-state index is 13.0. The molecule has 0 saturated carbocycles. The van der Waals surface area contributed by atoms with Crippen LogP contribution >= 0.6 is 27.5 Å². The Morgan fingerprint density at radius 2 is 2.00 bits per heavy atom. The number of nitrogens with one attached hydrogen (secondary N) is 1. The van der Waals surface area contributed by atoms with Gasteiger partial charge in [-0.15, -0.1) is 0 Å². The molecule has 25 heavy (non-hydrogen) atoms. The molecule has 2 aromatic carbocycles. The number of hydrogen-bond acceptors (Lipinski definition) is 5. The van der Waals surface area contributed by atoms with Crippen molar-refractivity contribution in [1.29, 1.82) is 0 Å². The summed E-state index contributed by atoms with van der Waals surface area (Å²) in [6.45, 7) is -0.615. The van der Waals surface area contributed by atoms with Gasteiger partial charge in [-0.1, -0.05) is 11.6 Å². The van der Waals surface area contributed by atoms with Gasteiger partial charge in [-0.3, -0.25) is 14.9 Å². The number of rotatable bonds is 5. The molecule has 2 rings (SSSR count). The molecule has 7 nitrogen and oxygen atoms in total. The van der Waals surface area contributed by atoms with E-state index in [0.29, 0.717) is 0 Å². The second-order valence-electron chi connectivity index (χ2n) is 4.67. The zero-order chi connectivity index (χ0) is 18.6. The van der Waals surface area contributed by atoms with E-state index < -0.39 is 29.2 Å². The molecule has 10 heteroatoms. The molecule has 0 saturated heterocycles. The molecule has 0 atom stereocenters. The lowest BCUT2D eigenvalue weighted by Gasteiger charge is -2.08. The topological polar surface area (TPSA) is 98.5 Å². The maximum atomic E-state index is 13.0. The smallest absolute Gasteiger partial charge is 0.339 e. The molecule has 0 aliphatic carbocycles. The van der Waals surface area contributed by atoms with Gasteiger partial charge in [-0.2, -0.15) is 0 Å². The molecule has 1 N–H and O–H groups in total. The number of nitrogens with zero attached hydrogens (tertiary/aromatic N) is 1. The Morgan fingerprint density at radius 3 is 2.60 bits per heavy atom. The average Bonchev–Trinajstić information content (AvgIpc) is 2.54. The number of halogens is 3.